The van der Waals surface area contributed by atoms with Gasteiger partial charge < -0.3 is 4.98 Å². The lowest BCUT2D eigenvalue weighted by atomic mass is 9.97. The second-order valence-corrected chi connectivity index (χ2v) is 6.05. The van der Waals surface area contributed by atoms with E-state index in [0.717, 1.165) is 27.7 Å². The third kappa shape index (κ3) is 2.86. The number of halogens is 1. The number of benzene rings is 2. The summed E-state index contributed by atoms with van der Waals surface area (Å²) in [7, 11) is 0. The molecule has 0 aliphatic carbocycles. The predicted octanol–water partition coefficient (Wildman–Crippen LogP) is 4.79. The van der Waals surface area contributed by atoms with Crippen LogP contribution in [0.2, 0.25) is 5.02 Å². The summed E-state index contributed by atoms with van der Waals surface area (Å²) in [6.07, 6.45) is 0.613. The number of carbonyl (C=O) groups is 1. The second kappa shape index (κ2) is 5.91. The van der Waals surface area contributed by atoms with E-state index < -0.39 is 0 Å². The van der Waals surface area contributed by atoms with E-state index in [1.807, 2.05) is 25.1 Å². The number of nitriles is 1. The largest absolute Gasteiger partial charge is 0.358 e. The topological polar surface area (TPSA) is 56.6 Å². The fraction of sp³-hybridized carbons (Fsp3) is 0.158. The maximum atomic E-state index is 11.7. The van der Waals surface area contributed by atoms with E-state index in [4.69, 9.17) is 16.9 Å². The summed E-state index contributed by atoms with van der Waals surface area (Å²) >= 11 is 6.33. The quantitative estimate of drug-likeness (QED) is 0.704. The molecule has 0 radical (unpaired) electrons. The third-order valence-electron chi connectivity index (χ3n) is 4.10. The molecule has 1 heterocycles. The molecule has 0 bridgehead atoms. The van der Waals surface area contributed by atoms with Crippen LogP contribution in [0.15, 0.2) is 36.4 Å². The van der Waals surface area contributed by atoms with Gasteiger partial charge in [-0.2, -0.15) is 5.26 Å². The standard InChI is InChI=1S/C19H15ClN2O/c1-11-16(12(2)23)5-6-18(20)17(11)9-15-8-14-4-3-13(10-21)7-19(14)22-15/h3-8,22H,9H2,1-2H3. The molecule has 0 fully saturated rings. The summed E-state index contributed by atoms with van der Waals surface area (Å²) in [5, 5.41) is 10.7. The molecule has 4 heteroatoms. The molecule has 0 spiro atoms. The number of rotatable bonds is 3. The highest BCUT2D eigenvalue weighted by Crippen LogP contribution is 2.27. The minimum atomic E-state index is 0.0377. The third-order valence-corrected chi connectivity index (χ3v) is 4.45. The van der Waals surface area contributed by atoms with Crippen molar-refractivity contribution >= 4 is 28.3 Å². The number of nitrogens with one attached hydrogen (secondary N) is 1. The Labute approximate surface area is 139 Å². The maximum absolute atomic E-state index is 11.7. The molecule has 0 amide bonds. The van der Waals surface area contributed by atoms with E-state index in [2.05, 4.69) is 11.1 Å². The Balaban J connectivity index is 2.04. The van der Waals surface area contributed by atoms with Gasteiger partial charge in [-0.1, -0.05) is 17.7 Å². The molecule has 114 valence electrons. The van der Waals surface area contributed by atoms with Gasteiger partial charge in [-0.05, 0) is 60.7 Å². The molecule has 1 N–H and O–H groups in total. The van der Waals surface area contributed by atoms with Gasteiger partial charge in [0.05, 0.1) is 11.6 Å². The highest BCUT2D eigenvalue weighted by atomic mass is 35.5. The van der Waals surface area contributed by atoms with Gasteiger partial charge >= 0.3 is 0 Å². The summed E-state index contributed by atoms with van der Waals surface area (Å²) in [5.74, 6) is 0.0377. The van der Waals surface area contributed by atoms with Crippen LogP contribution in [0.25, 0.3) is 10.9 Å². The number of carbonyl (C=O) groups excluding carboxylic acids is 1. The SMILES string of the molecule is CC(=O)c1ccc(Cl)c(Cc2cc3ccc(C#N)cc3[nH]2)c1C. The molecule has 0 atom stereocenters. The lowest BCUT2D eigenvalue weighted by Crippen LogP contribution is -2.02. The highest BCUT2D eigenvalue weighted by molar-refractivity contribution is 6.31. The van der Waals surface area contributed by atoms with Crippen LogP contribution in [0.4, 0.5) is 0 Å². The van der Waals surface area contributed by atoms with Crippen molar-refractivity contribution in [2.24, 2.45) is 0 Å². The zero-order valence-electron chi connectivity index (χ0n) is 12.9. The van der Waals surface area contributed by atoms with Gasteiger partial charge in [0.2, 0.25) is 0 Å². The number of fused-ring (bicyclic) bond motifs is 1. The summed E-state index contributed by atoms with van der Waals surface area (Å²) in [6, 6.07) is 13.3. The van der Waals surface area contributed by atoms with Crippen LogP contribution in [0.5, 0.6) is 0 Å². The van der Waals surface area contributed by atoms with Gasteiger partial charge in [-0.3, -0.25) is 4.79 Å². The highest BCUT2D eigenvalue weighted by Gasteiger charge is 2.13. The fourth-order valence-electron chi connectivity index (χ4n) is 2.86. The molecule has 3 rings (SSSR count). The van der Waals surface area contributed by atoms with E-state index in [1.54, 1.807) is 25.1 Å². The zero-order valence-corrected chi connectivity index (χ0v) is 13.7. The van der Waals surface area contributed by atoms with Crippen LogP contribution < -0.4 is 0 Å². The Hall–Kier alpha value is -2.57. The first-order valence-electron chi connectivity index (χ1n) is 7.30. The minimum absolute atomic E-state index is 0.0377. The first-order chi connectivity index (χ1) is 11.0. The average Bonchev–Trinajstić information content (AvgIpc) is 2.92. The molecule has 3 aromatic rings. The van der Waals surface area contributed by atoms with Gasteiger partial charge in [0.25, 0.3) is 0 Å². The lowest BCUT2D eigenvalue weighted by Gasteiger charge is -2.11. The van der Waals surface area contributed by atoms with Crippen molar-refractivity contribution < 1.29 is 4.79 Å². The van der Waals surface area contributed by atoms with Gasteiger partial charge in [0.15, 0.2) is 5.78 Å². The molecular weight excluding hydrogens is 308 g/mol. The number of aromatic amines is 1. The Bertz CT molecular complexity index is 963. The maximum Gasteiger partial charge on any atom is 0.160 e. The minimum Gasteiger partial charge on any atom is -0.358 e. The Morgan fingerprint density at radius 3 is 2.74 bits per heavy atom. The smallest absolute Gasteiger partial charge is 0.160 e. The van der Waals surface area contributed by atoms with Crippen molar-refractivity contribution in [3.05, 3.63) is 69.4 Å². The fourth-order valence-corrected chi connectivity index (χ4v) is 3.14. The van der Waals surface area contributed by atoms with Crippen LogP contribution in [-0.2, 0) is 6.42 Å². The van der Waals surface area contributed by atoms with Crippen LogP contribution in [0, 0.1) is 18.3 Å². The number of hydrogen-bond donors (Lipinski definition) is 1. The molecule has 0 unspecified atom stereocenters. The second-order valence-electron chi connectivity index (χ2n) is 5.64. The van der Waals surface area contributed by atoms with Crippen LogP contribution in [0.3, 0.4) is 0 Å². The van der Waals surface area contributed by atoms with Crippen LogP contribution >= 0.6 is 11.6 Å². The van der Waals surface area contributed by atoms with Crippen molar-refractivity contribution in [1.82, 2.24) is 4.98 Å². The molecule has 3 nitrogen and oxygen atoms in total. The summed E-state index contributed by atoms with van der Waals surface area (Å²) in [6.45, 7) is 3.49. The van der Waals surface area contributed by atoms with E-state index in [1.165, 1.54) is 0 Å². The molecule has 0 saturated heterocycles. The van der Waals surface area contributed by atoms with E-state index in [9.17, 15) is 4.79 Å². The Morgan fingerprint density at radius 2 is 2.04 bits per heavy atom. The Morgan fingerprint density at radius 1 is 1.26 bits per heavy atom. The number of Topliss-reactive ketones (excluding diaryl/α,β-unsaturated/α-hetero) is 1. The number of hydrogen-bond acceptors (Lipinski definition) is 2. The summed E-state index contributed by atoms with van der Waals surface area (Å²) in [4.78, 5) is 15.0. The average molecular weight is 323 g/mol. The monoisotopic (exact) mass is 322 g/mol. The van der Waals surface area contributed by atoms with E-state index in [-0.39, 0.29) is 5.78 Å². The molecule has 2 aromatic carbocycles. The first kappa shape index (κ1) is 15.3. The molecular formula is C19H15ClN2O. The van der Waals surface area contributed by atoms with Gasteiger partial charge in [0, 0.05) is 28.2 Å². The summed E-state index contributed by atoms with van der Waals surface area (Å²) < 4.78 is 0. The molecule has 23 heavy (non-hydrogen) atoms. The number of H-pyrrole nitrogens is 1. The molecule has 0 aliphatic heterocycles. The van der Waals surface area contributed by atoms with Gasteiger partial charge in [-0.15, -0.1) is 0 Å². The Kier molecular flexibility index (Phi) is 3.94. The number of ketones is 1. The van der Waals surface area contributed by atoms with Crippen molar-refractivity contribution in [1.29, 1.82) is 5.26 Å². The normalized spacial score (nSPS) is 10.7. The van der Waals surface area contributed by atoms with Crippen molar-refractivity contribution in [3.63, 3.8) is 0 Å². The zero-order chi connectivity index (χ0) is 16.6. The summed E-state index contributed by atoms with van der Waals surface area (Å²) in [5.41, 5.74) is 5.12. The lowest BCUT2D eigenvalue weighted by molar-refractivity contribution is 0.101. The number of aromatic nitrogens is 1. The van der Waals surface area contributed by atoms with Crippen LogP contribution in [0.1, 0.15) is 39.7 Å². The molecule has 0 aliphatic rings. The van der Waals surface area contributed by atoms with Crippen LogP contribution in [-0.4, -0.2) is 10.8 Å². The first-order valence-corrected chi connectivity index (χ1v) is 7.68. The van der Waals surface area contributed by atoms with Crippen molar-refractivity contribution in [2.45, 2.75) is 20.3 Å². The van der Waals surface area contributed by atoms with Crippen molar-refractivity contribution in [2.75, 3.05) is 0 Å². The van der Waals surface area contributed by atoms with E-state index in [0.29, 0.717) is 22.6 Å². The molecule has 1 aromatic heterocycles. The van der Waals surface area contributed by atoms with E-state index >= 15 is 0 Å². The number of nitrogens with zero attached hydrogens (tertiary/aromatic N) is 1. The van der Waals surface area contributed by atoms with Gasteiger partial charge in [-0.25, -0.2) is 0 Å². The molecule has 0 saturated carbocycles. The van der Waals surface area contributed by atoms with Gasteiger partial charge in [0.1, 0.15) is 0 Å². The predicted molar refractivity (Wildman–Crippen MR) is 92.0 cm³/mol. The van der Waals surface area contributed by atoms with Crippen molar-refractivity contribution in [3.8, 4) is 6.07 Å².